The highest BCUT2D eigenvalue weighted by molar-refractivity contribution is 7.99. The van der Waals surface area contributed by atoms with E-state index in [1.165, 1.54) is 16.4 Å². The number of amides is 1. The van der Waals surface area contributed by atoms with Gasteiger partial charge in [-0.05, 0) is 44.0 Å². The van der Waals surface area contributed by atoms with E-state index in [9.17, 15) is 4.79 Å². The maximum Gasteiger partial charge on any atom is 0.231 e. The van der Waals surface area contributed by atoms with Crippen molar-refractivity contribution in [3.8, 4) is 5.75 Å². The Kier molecular flexibility index (Phi) is 6.25. The molecular weight excluding hydrogens is 378 g/mol. The standard InChI is InChI=1S/C19H23N5O3S/c1-12-6-4-7-13(2)18(12)27-10-16-22-23-19(24(16)20)28-11-17(25)21-14(3)15-8-5-9-26-15/h4-9,14H,10-11,20H2,1-3H3,(H,21,25). The summed E-state index contributed by atoms with van der Waals surface area (Å²) in [6.07, 6.45) is 1.58. The molecule has 1 unspecified atom stereocenters. The monoisotopic (exact) mass is 401 g/mol. The SMILES string of the molecule is Cc1cccc(C)c1OCc1nnc(SCC(=O)NC(C)c2ccco2)n1N. The largest absolute Gasteiger partial charge is 0.485 e. The molecule has 148 valence electrons. The van der Waals surface area contributed by atoms with Gasteiger partial charge in [0.15, 0.2) is 5.82 Å². The van der Waals surface area contributed by atoms with E-state index in [1.807, 2.05) is 45.0 Å². The maximum atomic E-state index is 12.1. The molecule has 0 aliphatic rings. The molecule has 1 atom stereocenters. The van der Waals surface area contributed by atoms with Crippen molar-refractivity contribution in [2.45, 2.75) is 38.6 Å². The first-order valence-electron chi connectivity index (χ1n) is 8.79. The van der Waals surface area contributed by atoms with E-state index in [1.54, 1.807) is 12.3 Å². The van der Waals surface area contributed by atoms with Crippen LogP contribution in [0, 0.1) is 13.8 Å². The number of aromatic nitrogens is 3. The van der Waals surface area contributed by atoms with E-state index in [2.05, 4.69) is 15.5 Å². The summed E-state index contributed by atoms with van der Waals surface area (Å²) < 4.78 is 12.5. The highest BCUT2D eigenvalue weighted by atomic mass is 32.2. The van der Waals surface area contributed by atoms with Gasteiger partial charge < -0.3 is 20.3 Å². The molecule has 9 heteroatoms. The number of rotatable bonds is 8. The zero-order valence-electron chi connectivity index (χ0n) is 16.0. The molecule has 8 nitrogen and oxygen atoms in total. The minimum Gasteiger partial charge on any atom is -0.485 e. The summed E-state index contributed by atoms with van der Waals surface area (Å²) in [4.78, 5) is 12.1. The first kappa shape index (κ1) is 19.8. The molecule has 0 aliphatic carbocycles. The van der Waals surface area contributed by atoms with Gasteiger partial charge in [0.25, 0.3) is 0 Å². The van der Waals surface area contributed by atoms with Gasteiger partial charge in [-0.2, -0.15) is 0 Å². The lowest BCUT2D eigenvalue weighted by atomic mass is 10.1. The van der Waals surface area contributed by atoms with Crippen LogP contribution in [-0.4, -0.2) is 26.5 Å². The van der Waals surface area contributed by atoms with Gasteiger partial charge in [-0.25, -0.2) is 4.68 Å². The first-order chi connectivity index (χ1) is 13.5. The molecule has 3 aromatic rings. The lowest BCUT2D eigenvalue weighted by Gasteiger charge is -2.12. The fraction of sp³-hybridized carbons (Fsp3) is 0.316. The molecule has 0 saturated carbocycles. The van der Waals surface area contributed by atoms with E-state index in [0.29, 0.717) is 16.7 Å². The lowest BCUT2D eigenvalue weighted by Crippen LogP contribution is -2.28. The Bertz CT molecular complexity index is 919. The van der Waals surface area contributed by atoms with Crippen LogP contribution in [0.2, 0.25) is 0 Å². The van der Waals surface area contributed by atoms with Crippen molar-refractivity contribution >= 4 is 17.7 Å². The Morgan fingerprint density at radius 2 is 2.04 bits per heavy atom. The highest BCUT2D eigenvalue weighted by Crippen LogP contribution is 2.23. The summed E-state index contributed by atoms with van der Waals surface area (Å²) in [7, 11) is 0. The number of thioether (sulfide) groups is 1. The molecule has 2 aromatic heterocycles. The van der Waals surface area contributed by atoms with Crippen LogP contribution in [0.4, 0.5) is 0 Å². The number of nitrogen functional groups attached to an aromatic ring is 1. The zero-order valence-corrected chi connectivity index (χ0v) is 16.8. The molecule has 0 spiro atoms. The van der Waals surface area contributed by atoms with Crippen LogP contribution in [0.25, 0.3) is 0 Å². The quantitative estimate of drug-likeness (QED) is 0.441. The Morgan fingerprint density at radius 3 is 2.71 bits per heavy atom. The van der Waals surface area contributed by atoms with E-state index >= 15 is 0 Å². The number of carbonyl (C=O) groups excluding carboxylic acids is 1. The third-order valence-electron chi connectivity index (χ3n) is 4.17. The number of hydrogen-bond acceptors (Lipinski definition) is 7. The molecule has 3 rings (SSSR count). The fourth-order valence-electron chi connectivity index (χ4n) is 2.69. The number of ether oxygens (including phenoxy) is 1. The normalized spacial score (nSPS) is 12.0. The molecule has 2 heterocycles. The summed E-state index contributed by atoms with van der Waals surface area (Å²) in [6, 6.07) is 9.34. The number of nitrogens with zero attached hydrogens (tertiary/aromatic N) is 3. The predicted molar refractivity (Wildman–Crippen MR) is 106 cm³/mol. The minimum atomic E-state index is -0.208. The number of hydrogen-bond donors (Lipinski definition) is 2. The third-order valence-corrected chi connectivity index (χ3v) is 5.11. The van der Waals surface area contributed by atoms with Gasteiger partial charge >= 0.3 is 0 Å². The second-order valence-corrected chi connectivity index (χ2v) is 7.31. The van der Waals surface area contributed by atoms with E-state index in [-0.39, 0.29) is 24.3 Å². The van der Waals surface area contributed by atoms with Crippen LogP contribution in [-0.2, 0) is 11.4 Å². The molecule has 3 N–H and O–H groups in total. The average Bonchev–Trinajstić information content (AvgIpc) is 3.30. The topological polar surface area (TPSA) is 108 Å². The van der Waals surface area contributed by atoms with Gasteiger partial charge in [0, 0.05) is 0 Å². The minimum absolute atomic E-state index is 0.148. The van der Waals surface area contributed by atoms with Crippen molar-refractivity contribution in [2.24, 2.45) is 0 Å². The van der Waals surface area contributed by atoms with Gasteiger partial charge in [-0.1, -0.05) is 30.0 Å². The van der Waals surface area contributed by atoms with Crippen LogP contribution >= 0.6 is 11.8 Å². The van der Waals surface area contributed by atoms with Crippen molar-refractivity contribution in [2.75, 3.05) is 11.6 Å². The summed E-state index contributed by atoms with van der Waals surface area (Å²) in [5.41, 5.74) is 2.08. The van der Waals surface area contributed by atoms with Crippen LogP contribution in [0.3, 0.4) is 0 Å². The second-order valence-electron chi connectivity index (χ2n) is 6.37. The summed E-state index contributed by atoms with van der Waals surface area (Å²) in [5.74, 6) is 8.06. The number of aryl methyl sites for hydroxylation is 2. The van der Waals surface area contributed by atoms with Crippen LogP contribution in [0.1, 0.15) is 35.7 Å². The summed E-state index contributed by atoms with van der Waals surface area (Å²) in [6.45, 7) is 6.02. The Morgan fingerprint density at radius 1 is 1.29 bits per heavy atom. The number of para-hydroxylation sites is 1. The van der Waals surface area contributed by atoms with Gasteiger partial charge in [0.1, 0.15) is 18.1 Å². The summed E-state index contributed by atoms with van der Waals surface area (Å²) in [5, 5.41) is 11.4. The summed E-state index contributed by atoms with van der Waals surface area (Å²) >= 11 is 1.21. The number of nitrogens with two attached hydrogens (primary N) is 1. The molecule has 0 radical (unpaired) electrons. The third kappa shape index (κ3) is 4.66. The van der Waals surface area contributed by atoms with Crippen molar-refractivity contribution in [1.29, 1.82) is 0 Å². The van der Waals surface area contributed by atoms with Crippen molar-refractivity contribution in [3.05, 3.63) is 59.3 Å². The van der Waals surface area contributed by atoms with Crippen molar-refractivity contribution in [3.63, 3.8) is 0 Å². The molecule has 0 saturated heterocycles. The van der Waals surface area contributed by atoms with Gasteiger partial charge in [-0.3, -0.25) is 4.79 Å². The smallest absolute Gasteiger partial charge is 0.231 e. The number of furan rings is 1. The van der Waals surface area contributed by atoms with E-state index in [4.69, 9.17) is 15.0 Å². The van der Waals surface area contributed by atoms with Crippen LogP contribution in [0.15, 0.2) is 46.2 Å². The molecule has 28 heavy (non-hydrogen) atoms. The second kappa shape index (κ2) is 8.83. The zero-order chi connectivity index (χ0) is 20.1. The molecule has 0 bridgehead atoms. The lowest BCUT2D eigenvalue weighted by molar-refractivity contribution is -0.119. The van der Waals surface area contributed by atoms with Crippen LogP contribution in [0.5, 0.6) is 5.75 Å². The fourth-order valence-corrected chi connectivity index (χ4v) is 3.38. The van der Waals surface area contributed by atoms with Gasteiger partial charge in [0.2, 0.25) is 11.1 Å². The number of benzene rings is 1. The van der Waals surface area contributed by atoms with Gasteiger partial charge in [-0.15, -0.1) is 10.2 Å². The van der Waals surface area contributed by atoms with Crippen molar-refractivity contribution in [1.82, 2.24) is 20.2 Å². The Labute approximate surface area is 167 Å². The highest BCUT2D eigenvalue weighted by Gasteiger charge is 2.16. The van der Waals surface area contributed by atoms with Gasteiger partial charge in [0.05, 0.1) is 18.1 Å². The molecule has 0 aliphatic heterocycles. The molecular formula is C19H23N5O3S. The molecule has 1 amide bonds. The molecule has 0 fully saturated rings. The Balaban J connectivity index is 1.53. The van der Waals surface area contributed by atoms with E-state index < -0.39 is 0 Å². The van der Waals surface area contributed by atoms with E-state index in [0.717, 1.165) is 16.9 Å². The average molecular weight is 401 g/mol. The number of nitrogens with one attached hydrogen (secondary N) is 1. The Hall–Kier alpha value is -2.94. The molecule has 1 aromatic carbocycles. The first-order valence-corrected chi connectivity index (χ1v) is 9.78. The van der Waals surface area contributed by atoms with Crippen molar-refractivity contribution < 1.29 is 13.9 Å². The maximum absolute atomic E-state index is 12.1. The predicted octanol–water partition coefficient (Wildman–Crippen LogP) is 2.75. The van der Waals surface area contributed by atoms with Crippen LogP contribution < -0.4 is 15.9 Å². The number of carbonyl (C=O) groups is 1.